The van der Waals surface area contributed by atoms with E-state index in [2.05, 4.69) is 11.9 Å². The number of halogens is 1. The van der Waals surface area contributed by atoms with Gasteiger partial charge in [-0.1, -0.05) is 25.5 Å². The number of ether oxygens (including phenoxy) is 2. The molecule has 1 aromatic carbocycles. The summed E-state index contributed by atoms with van der Waals surface area (Å²) in [6.07, 6.45) is 1.94. The Balaban J connectivity index is 2.30. The number of aromatic nitrogens is 1. The minimum absolute atomic E-state index is 0.446. The SMILES string of the molecule is CCCc1cc(CCl)cc(Oc2ccccc2OC)n1. The van der Waals surface area contributed by atoms with E-state index in [1.807, 2.05) is 36.4 Å². The number of para-hydroxylation sites is 2. The van der Waals surface area contributed by atoms with Crippen LogP contribution in [-0.4, -0.2) is 12.1 Å². The van der Waals surface area contributed by atoms with Gasteiger partial charge in [0.25, 0.3) is 0 Å². The van der Waals surface area contributed by atoms with Crippen LogP contribution in [-0.2, 0) is 12.3 Å². The first-order chi connectivity index (χ1) is 9.76. The third-order valence-corrected chi connectivity index (χ3v) is 3.17. The van der Waals surface area contributed by atoms with E-state index in [4.69, 9.17) is 21.1 Å². The molecular formula is C16H18ClNO2. The Bertz CT molecular complexity index is 572. The predicted octanol–water partition coefficient (Wildman–Crippen LogP) is 4.57. The summed E-state index contributed by atoms with van der Waals surface area (Å²) in [6.45, 7) is 2.12. The molecule has 106 valence electrons. The number of rotatable bonds is 6. The van der Waals surface area contributed by atoms with Crippen LogP contribution < -0.4 is 9.47 Å². The molecule has 4 heteroatoms. The lowest BCUT2D eigenvalue weighted by molar-refractivity contribution is 0.373. The average molecular weight is 292 g/mol. The number of aryl methyl sites for hydroxylation is 1. The number of hydrogen-bond acceptors (Lipinski definition) is 3. The molecule has 0 amide bonds. The van der Waals surface area contributed by atoms with E-state index < -0.39 is 0 Å². The van der Waals surface area contributed by atoms with Crippen LogP contribution in [0, 0.1) is 0 Å². The molecular weight excluding hydrogens is 274 g/mol. The Morgan fingerprint density at radius 3 is 2.55 bits per heavy atom. The van der Waals surface area contributed by atoms with Crippen molar-refractivity contribution in [3.8, 4) is 17.4 Å². The number of pyridine rings is 1. The van der Waals surface area contributed by atoms with Crippen LogP contribution in [0.15, 0.2) is 36.4 Å². The van der Waals surface area contributed by atoms with Gasteiger partial charge in [-0.25, -0.2) is 4.98 Å². The van der Waals surface area contributed by atoms with Gasteiger partial charge in [-0.2, -0.15) is 0 Å². The predicted molar refractivity (Wildman–Crippen MR) is 80.9 cm³/mol. The molecule has 0 spiro atoms. The Kier molecular flexibility index (Phi) is 5.24. The second-order valence-electron chi connectivity index (χ2n) is 4.44. The fourth-order valence-corrected chi connectivity index (χ4v) is 2.10. The summed E-state index contributed by atoms with van der Waals surface area (Å²) >= 11 is 5.92. The zero-order valence-corrected chi connectivity index (χ0v) is 12.5. The topological polar surface area (TPSA) is 31.4 Å². The Hall–Kier alpha value is -1.74. The lowest BCUT2D eigenvalue weighted by Gasteiger charge is -2.11. The van der Waals surface area contributed by atoms with E-state index in [-0.39, 0.29) is 0 Å². The molecule has 0 saturated heterocycles. The van der Waals surface area contributed by atoms with Crippen molar-refractivity contribution in [3.63, 3.8) is 0 Å². The Morgan fingerprint density at radius 1 is 1.15 bits per heavy atom. The van der Waals surface area contributed by atoms with E-state index in [1.165, 1.54) is 0 Å². The fourth-order valence-electron chi connectivity index (χ4n) is 1.95. The van der Waals surface area contributed by atoms with Gasteiger partial charge in [0.2, 0.25) is 5.88 Å². The number of methoxy groups -OCH3 is 1. The van der Waals surface area contributed by atoms with E-state index >= 15 is 0 Å². The molecule has 1 aromatic heterocycles. The standard InChI is InChI=1S/C16H18ClNO2/c1-3-6-13-9-12(11-17)10-16(18-13)20-15-8-5-4-7-14(15)19-2/h4-5,7-10H,3,6,11H2,1-2H3. The highest BCUT2D eigenvalue weighted by Gasteiger charge is 2.08. The number of benzene rings is 1. The highest BCUT2D eigenvalue weighted by atomic mass is 35.5. The molecule has 0 saturated carbocycles. The van der Waals surface area contributed by atoms with Crippen molar-refractivity contribution < 1.29 is 9.47 Å². The minimum Gasteiger partial charge on any atom is -0.493 e. The summed E-state index contributed by atoms with van der Waals surface area (Å²) < 4.78 is 11.1. The molecule has 0 aliphatic heterocycles. The van der Waals surface area contributed by atoms with E-state index in [0.717, 1.165) is 24.1 Å². The summed E-state index contributed by atoms with van der Waals surface area (Å²) in [5, 5.41) is 0. The molecule has 0 radical (unpaired) electrons. The van der Waals surface area contributed by atoms with Crippen molar-refractivity contribution in [1.29, 1.82) is 0 Å². The van der Waals surface area contributed by atoms with Crippen molar-refractivity contribution in [3.05, 3.63) is 47.7 Å². The van der Waals surface area contributed by atoms with Gasteiger partial charge < -0.3 is 9.47 Å². The van der Waals surface area contributed by atoms with Crippen LogP contribution in [0.1, 0.15) is 24.6 Å². The van der Waals surface area contributed by atoms with Gasteiger partial charge >= 0.3 is 0 Å². The first-order valence-electron chi connectivity index (χ1n) is 6.63. The number of nitrogens with zero attached hydrogens (tertiary/aromatic N) is 1. The molecule has 0 bridgehead atoms. The third-order valence-electron chi connectivity index (χ3n) is 2.86. The maximum Gasteiger partial charge on any atom is 0.219 e. The van der Waals surface area contributed by atoms with Crippen molar-refractivity contribution in [2.75, 3.05) is 7.11 Å². The van der Waals surface area contributed by atoms with E-state index in [9.17, 15) is 0 Å². The molecule has 0 unspecified atom stereocenters. The summed E-state index contributed by atoms with van der Waals surface area (Å²) in [7, 11) is 1.62. The van der Waals surface area contributed by atoms with Crippen LogP contribution >= 0.6 is 11.6 Å². The first kappa shape index (κ1) is 14.7. The van der Waals surface area contributed by atoms with Gasteiger partial charge in [0, 0.05) is 17.6 Å². The zero-order valence-electron chi connectivity index (χ0n) is 11.7. The second-order valence-corrected chi connectivity index (χ2v) is 4.71. The molecule has 0 aliphatic carbocycles. The molecule has 0 aliphatic rings. The summed E-state index contributed by atoms with van der Waals surface area (Å²) in [5.41, 5.74) is 2.01. The fraction of sp³-hybridized carbons (Fsp3) is 0.312. The minimum atomic E-state index is 0.446. The second kappa shape index (κ2) is 7.15. The quantitative estimate of drug-likeness (QED) is 0.730. The summed E-state index contributed by atoms with van der Waals surface area (Å²) in [6, 6.07) is 11.4. The van der Waals surface area contributed by atoms with Crippen LogP contribution in [0.5, 0.6) is 17.4 Å². The molecule has 0 atom stereocenters. The smallest absolute Gasteiger partial charge is 0.219 e. The number of hydrogen-bond donors (Lipinski definition) is 0. The van der Waals surface area contributed by atoms with Crippen molar-refractivity contribution in [2.24, 2.45) is 0 Å². The summed E-state index contributed by atoms with van der Waals surface area (Å²) in [4.78, 5) is 4.51. The first-order valence-corrected chi connectivity index (χ1v) is 7.17. The highest BCUT2D eigenvalue weighted by Crippen LogP contribution is 2.30. The van der Waals surface area contributed by atoms with Crippen LogP contribution in [0.2, 0.25) is 0 Å². The largest absolute Gasteiger partial charge is 0.493 e. The van der Waals surface area contributed by atoms with Crippen molar-refractivity contribution in [2.45, 2.75) is 25.6 Å². The van der Waals surface area contributed by atoms with Gasteiger partial charge in [0.15, 0.2) is 11.5 Å². The molecule has 0 N–H and O–H groups in total. The van der Waals surface area contributed by atoms with Crippen molar-refractivity contribution in [1.82, 2.24) is 4.98 Å². The normalized spacial score (nSPS) is 10.3. The Labute approximate surface area is 124 Å². The van der Waals surface area contributed by atoms with Crippen molar-refractivity contribution >= 4 is 11.6 Å². The zero-order chi connectivity index (χ0) is 14.4. The van der Waals surface area contributed by atoms with Crippen LogP contribution in [0.4, 0.5) is 0 Å². The number of alkyl halides is 1. The maximum atomic E-state index is 5.92. The molecule has 2 aromatic rings. The van der Waals surface area contributed by atoms with Gasteiger partial charge in [0.05, 0.1) is 7.11 Å². The van der Waals surface area contributed by atoms with Gasteiger partial charge in [-0.3, -0.25) is 0 Å². The lowest BCUT2D eigenvalue weighted by Crippen LogP contribution is -1.97. The monoisotopic (exact) mass is 291 g/mol. The molecule has 2 rings (SSSR count). The Morgan fingerprint density at radius 2 is 1.90 bits per heavy atom. The summed E-state index contributed by atoms with van der Waals surface area (Å²) in [5.74, 6) is 2.33. The molecule has 20 heavy (non-hydrogen) atoms. The van der Waals surface area contributed by atoms with Crippen LogP contribution in [0.3, 0.4) is 0 Å². The van der Waals surface area contributed by atoms with Gasteiger partial charge in [-0.05, 0) is 30.2 Å². The highest BCUT2D eigenvalue weighted by molar-refractivity contribution is 6.17. The molecule has 3 nitrogen and oxygen atoms in total. The third kappa shape index (κ3) is 3.64. The van der Waals surface area contributed by atoms with Crippen LogP contribution in [0.25, 0.3) is 0 Å². The van der Waals surface area contributed by atoms with E-state index in [1.54, 1.807) is 7.11 Å². The van der Waals surface area contributed by atoms with Gasteiger partial charge in [0.1, 0.15) is 0 Å². The lowest BCUT2D eigenvalue weighted by atomic mass is 10.2. The van der Waals surface area contributed by atoms with E-state index in [0.29, 0.717) is 23.3 Å². The average Bonchev–Trinajstić information content (AvgIpc) is 2.48. The maximum absolute atomic E-state index is 5.92. The molecule has 1 heterocycles. The van der Waals surface area contributed by atoms with Gasteiger partial charge in [-0.15, -0.1) is 11.6 Å². The molecule has 0 fully saturated rings.